The van der Waals surface area contributed by atoms with Gasteiger partial charge in [0.25, 0.3) is 5.91 Å². The van der Waals surface area contributed by atoms with Gasteiger partial charge in [-0.15, -0.1) is 0 Å². The van der Waals surface area contributed by atoms with Crippen molar-refractivity contribution >= 4 is 11.6 Å². The molecule has 0 fully saturated rings. The third kappa shape index (κ3) is 2.88. The van der Waals surface area contributed by atoms with Gasteiger partial charge in [-0.1, -0.05) is 12.1 Å². The Hall–Kier alpha value is -2.56. The Morgan fingerprint density at radius 3 is 2.85 bits per heavy atom. The second-order valence-electron chi connectivity index (χ2n) is 4.48. The number of anilines is 1. The molecule has 2 aromatic rings. The maximum Gasteiger partial charge on any atom is 0.255 e. The Morgan fingerprint density at radius 2 is 2.10 bits per heavy atom. The molecule has 0 bridgehead atoms. The van der Waals surface area contributed by atoms with Gasteiger partial charge in [-0.3, -0.25) is 4.79 Å². The molecule has 4 N–H and O–H groups in total. The molecule has 5 heteroatoms. The van der Waals surface area contributed by atoms with Gasteiger partial charge in [-0.05, 0) is 42.3 Å². The summed E-state index contributed by atoms with van der Waals surface area (Å²) in [5.41, 5.74) is 8.09. The number of nitrogen functional groups attached to an aromatic ring is 1. The van der Waals surface area contributed by atoms with Crippen LogP contribution in [0.5, 0.6) is 5.75 Å². The third-order valence-electron chi connectivity index (χ3n) is 3.13. The van der Waals surface area contributed by atoms with E-state index < -0.39 is 11.7 Å². The zero-order valence-corrected chi connectivity index (χ0v) is 11.0. The first-order chi connectivity index (χ1) is 9.49. The number of carbonyl (C=O) groups is 1. The van der Waals surface area contributed by atoms with E-state index in [1.54, 1.807) is 12.1 Å². The molecule has 0 spiro atoms. The molecule has 0 aliphatic heterocycles. The van der Waals surface area contributed by atoms with Gasteiger partial charge in [0.15, 0.2) is 0 Å². The highest BCUT2D eigenvalue weighted by molar-refractivity contribution is 5.96. The predicted octanol–water partition coefficient (Wildman–Crippen LogP) is 2.35. The molecule has 0 aliphatic rings. The Labute approximate surface area is 116 Å². The smallest absolute Gasteiger partial charge is 0.255 e. The molecular formula is C15H15FN2O2. The molecular weight excluding hydrogens is 259 g/mol. The van der Waals surface area contributed by atoms with Crippen molar-refractivity contribution in [3.63, 3.8) is 0 Å². The molecule has 0 unspecified atom stereocenters. The number of nitrogens with one attached hydrogen (secondary N) is 1. The predicted molar refractivity (Wildman–Crippen MR) is 74.8 cm³/mol. The van der Waals surface area contributed by atoms with E-state index in [-0.39, 0.29) is 17.9 Å². The van der Waals surface area contributed by atoms with Gasteiger partial charge in [0.2, 0.25) is 0 Å². The van der Waals surface area contributed by atoms with E-state index in [4.69, 9.17) is 5.73 Å². The Balaban J connectivity index is 2.13. The fourth-order valence-corrected chi connectivity index (χ4v) is 1.86. The maximum atomic E-state index is 13.1. The van der Waals surface area contributed by atoms with Gasteiger partial charge >= 0.3 is 0 Å². The van der Waals surface area contributed by atoms with Gasteiger partial charge in [0.1, 0.15) is 11.6 Å². The van der Waals surface area contributed by atoms with E-state index in [0.29, 0.717) is 5.69 Å². The first kappa shape index (κ1) is 13.9. The lowest BCUT2D eigenvalue weighted by molar-refractivity contribution is 0.0947. The molecule has 0 atom stereocenters. The first-order valence-electron chi connectivity index (χ1n) is 6.09. The van der Waals surface area contributed by atoms with E-state index in [1.165, 1.54) is 0 Å². The van der Waals surface area contributed by atoms with Crippen molar-refractivity contribution in [1.29, 1.82) is 0 Å². The minimum absolute atomic E-state index is 0.0912. The highest BCUT2D eigenvalue weighted by Crippen LogP contribution is 2.19. The summed E-state index contributed by atoms with van der Waals surface area (Å²) < 4.78 is 13.1. The zero-order valence-electron chi connectivity index (χ0n) is 11.0. The van der Waals surface area contributed by atoms with Crippen LogP contribution in [0.3, 0.4) is 0 Å². The molecule has 2 rings (SSSR count). The van der Waals surface area contributed by atoms with Crippen molar-refractivity contribution < 1.29 is 14.3 Å². The number of hydrogen-bond acceptors (Lipinski definition) is 3. The van der Waals surface area contributed by atoms with Crippen LogP contribution in [0.4, 0.5) is 10.1 Å². The van der Waals surface area contributed by atoms with Crippen LogP contribution in [0.25, 0.3) is 0 Å². The highest BCUT2D eigenvalue weighted by Gasteiger charge is 2.12. The standard InChI is InChI=1S/C15H15FN2O2/c1-9-10(3-2-4-13(9)17)8-18-15(20)12-7-11(16)5-6-14(12)19/h2-7,19H,8,17H2,1H3,(H,18,20). The van der Waals surface area contributed by atoms with E-state index in [2.05, 4.69) is 5.32 Å². The molecule has 0 aromatic heterocycles. The first-order valence-corrected chi connectivity index (χ1v) is 6.09. The van der Waals surface area contributed by atoms with E-state index in [0.717, 1.165) is 29.3 Å². The molecule has 0 aliphatic carbocycles. The molecule has 4 nitrogen and oxygen atoms in total. The molecule has 2 aromatic carbocycles. The molecule has 104 valence electrons. The van der Waals surface area contributed by atoms with Crippen LogP contribution in [0, 0.1) is 12.7 Å². The number of phenols is 1. The molecule has 0 heterocycles. The van der Waals surface area contributed by atoms with Gasteiger partial charge in [0, 0.05) is 12.2 Å². The van der Waals surface area contributed by atoms with Crippen LogP contribution in [-0.2, 0) is 6.54 Å². The van der Waals surface area contributed by atoms with Crippen LogP contribution in [0.15, 0.2) is 36.4 Å². The highest BCUT2D eigenvalue weighted by atomic mass is 19.1. The lowest BCUT2D eigenvalue weighted by Gasteiger charge is -2.10. The van der Waals surface area contributed by atoms with Crippen LogP contribution >= 0.6 is 0 Å². The number of carbonyl (C=O) groups excluding carboxylic acids is 1. The topological polar surface area (TPSA) is 75.3 Å². The second kappa shape index (κ2) is 5.61. The summed E-state index contributed by atoms with van der Waals surface area (Å²) in [6.07, 6.45) is 0. The summed E-state index contributed by atoms with van der Waals surface area (Å²) >= 11 is 0. The van der Waals surface area contributed by atoms with Crippen molar-refractivity contribution in [3.8, 4) is 5.75 Å². The quantitative estimate of drug-likeness (QED) is 0.752. The van der Waals surface area contributed by atoms with E-state index >= 15 is 0 Å². The largest absolute Gasteiger partial charge is 0.507 e. The Kier molecular flexibility index (Phi) is 3.89. The van der Waals surface area contributed by atoms with Gasteiger partial charge in [-0.25, -0.2) is 4.39 Å². The Morgan fingerprint density at radius 1 is 1.35 bits per heavy atom. The zero-order chi connectivity index (χ0) is 14.7. The number of nitrogens with two attached hydrogens (primary N) is 1. The minimum atomic E-state index is -0.576. The van der Waals surface area contributed by atoms with Gasteiger partial charge in [-0.2, -0.15) is 0 Å². The van der Waals surface area contributed by atoms with Crippen molar-refractivity contribution in [2.75, 3.05) is 5.73 Å². The number of hydrogen-bond donors (Lipinski definition) is 3. The van der Waals surface area contributed by atoms with E-state index in [1.807, 2.05) is 13.0 Å². The maximum absolute atomic E-state index is 13.1. The summed E-state index contributed by atoms with van der Waals surface area (Å²) in [6.45, 7) is 2.11. The van der Waals surface area contributed by atoms with Gasteiger partial charge < -0.3 is 16.2 Å². The lowest BCUT2D eigenvalue weighted by atomic mass is 10.1. The molecule has 1 amide bonds. The van der Waals surface area contributed by atoms with Crippen molar-refractivity contribution in [3.05, 3.63) is 58.9 Å². The third-order valence-corrected chi connectivity index (χ3v) is 3.13. The SMILES string of the molecule is Cc1c(N)cccc1CNC(=O)c1cc(F)ccc1O. The van der Waals surface area contributed by atoms with Crippen LogP contribution in [0.1, 0.15) is 21.5 Å². The normalized spacial score (nSPS) is 10.3. The summed E-state index contributed by atoms with van der Waals surface area (Å²) in [5, 5.41) is 12.2. The Bertz CT molecular complexity index is 656. The van der Waals surface area contributed by atoms with Crippen LogP contribution < -0.4 is 11.1 Å². The molecule has 0 radical (unpaired) electrons. The van der Waals surface area contributed by atoms with Crippen molar-refractivity contribution in [1.82, 2.24) is 5.32 Å². The minimum Gasteiger partial charge on any atom is -0.507 e. The lowest BCUT2D eigenvalue weighted by Crippen LogP contribution is -2.23. The molecule has 20 heavy (non-hydrogen) atoms. The fraction of sp³-hybridized carbons (Fsp3) is 0.133. The van der Waals surface area contributed by atoms with Gasteiger partial charge in [0.05, 0.1) is 5.56 Å². The number of halogens is 1. The van der Waals surface area contributed by atoms with E-state index in [9.17, 15) is 14.3 Å². The number of benzene rings is 2. The average molecular weight is 274 g/mol. The molecule has 0 saturated carbocycles. The summed E-state index contributed by atoms with van der Waals surface area (Å²) in [7, 11) is 0. The van der Waals surface area contributed by atoms with Crippen molar-refractivity contribution in [2.45, 2.75) is 13.5 Å². The fourth-order valence-electron chi connectivity index (χ4n) is 1.86. The van der Waals surface area contributed by atoms with Crippen LogP contribution in [0.2, 0.25) is 0 Å². The number of phenolic OH excluding ortho intramolecular Hbond substituents is 1. The van der Waals surface area contributed by atoms with Crippen LogP contribution in [-0.4, -0.2) is 11.0 Å². The molecule has 0 saturated heterocycles. The summed E-state index contributed by atoms with van der Waals surface area (Å²) in [4.78, 5) is 11.9. The second-order valence-corrected chi connectivity index (χ2v) is 4.48. The monoisotopic (exact) mass is 274 g/mol. The summed E-state index contributed by atoms with van der Waals surface area (Å²) in [5.74, 6) is -1.37. The summed E-state index contributed by atoms with van der Waals surface area (Å²) in [6, 6.07) is 8.65. The van der Waals surface area contributed by atoms with Crippen molar-refractivity contribution in [2.24, 2.45) is 0 Å². The number of aromatic hydroxyl groups is 1. The number of amides is 1. The number of rotatable bonds is 3. The average Bonchev–Trinajstić information content (AvgIpc) is 2.43.